The van der Waals surface area contributed by atoms with Gasteiger partial charge in [-0.1, -0.05) is 30.3 Å². The van der Waals surface area contributed by atoms with Gasteiger partial charge in [-0.05, 0) is 83.0 Å². The van der Waals surface area contributed by atoms with Crippen LogP contribution in [0.5, 0.6) is 6.01 Å². The summed E-state index contributed by atoms with van der Waals surface area (Å²) in [6.07, 6.45) is 7.14. The molecule has 3 aliphatic heterocycles. The Balaban J connectivity index is 1.17. The largest absolute Gasteiger partial charge is 0.461 e. The molecule has 5 aromatic rings. The van der Waals surface area contributed by atoms with Crippen molar-refractivity contribution in [1.29, 1.82) is 0 Å². The van der Waals surface area contributed by atoms with Gasteiger partial charge in [0, 0.05) is 41.8 Å². The van der Waals surface area contributed by atoms with Crippen molar-refractivity contribution in [3.63, 3.8) is 0 Å². The van der Waals surface area contributed by atoms with E-state index in [9.17, 15) is 4.79 Å². The highest BCUT2D eigenvalue weighted by Gasteiger charge is 2.45. The third kappa shape index (κ3) is 5.11. The van der Waals surface area contributed by atoms with Gasteiger partial charge < -0.3 is 9.64 Å². The van der Waals surface area contributed by atoms with E-state index < -0.39 is 11.6 Å². The fourth-order valence-electron chi connectivity index (χ4n) is 8.03. The van der Waals surface area contributed by atoms with E-state index in [4.69, 9.17) is 9.72 Å². The molecule has 3 aromatic heterocycles. The van der Waals surface area contributed by atoms with Crippen LogP contribution in [0.1, 0.15) is 54.7 Å². The minimum atomic E-state index is -0.650. The summed E-state index contributed by atoms with van der Waals surface area (Å²) in [6.45, 7) is 7.40. The van der Waals surface area contributed by atoms with Crippen LogP contribution in [-0.4, -0.2) is 73.9 Å². The second kappa shape index (κ2) is 11.6. The van der Waals surface area contributed by atoms with E-state index in [2.05, 4.69) is 24.9 Å². The summed E-state index contributed by atoms with van der Waals surface area (Å²) >= 11 is 0. The number of carbonyl (C=O) groups is 1. The lowest BCUT2D eigenvalue weighted by Gasteiger charge is -2.33. The number of rotatable bonds is 6. The van der Waals surface area contributed by atoms with Crippen molar-refractivity contribution in [2.24, 2.45) is 5.92 Å². The summed E-state index contributed by atoms with van der Waals surface area (Å²) in [5, 5.41) is 5.81. The number of ether oxygens (including phenoxy) is 1. The molecule has 47 heavy (non-hydrogen) atoms. The molecule has 0 saturated carbocycles. The Morgan fingerprint density at radius 2 is 1.74 bits per heavy atom. The van der Waals surface area contributed by atoms with Crippen molar-refractivity contribution in [2.45, 2.75) is 57.9 Å². The van der Waals surface area contributed by atoms with Crippen molar-refractivity contribution in [1.82, 2.24) is 29.6 Å². The number of fused-ring (bicyclic) bond motifs is 3. The number of hydrogen-bond acceptors (Lipinski definition) is 8. The zero-order chi connectivity index (χ0) is 32.3. The van der Waals surface area contributed by atoms with Crippen molar-refractivity contribution >= 4 is 33.4 Å². The third-order valence-electron chi connectivity index (χ3n) is 10.4. The number of benzene rings is 2. The smallest absolute Gasteiger partial charge is 0.319 e. The van der Waals surface area contributed by atoms with Crippen LogP contribution in [0, 0.1) is 31.4 Å². The van der Waals surface area contributed by atoms with Gasteiger partial charge in [0.1, 0.15) is 29.5 Å². The Morgan fingerprint density at radius 3 is 2.47 bits per heavy atom. The molecule has 8 rings (SSSR count). The quantitative estimate of drug-likeness (QED) is 0.209. The highest BCUT2D eigenvalue weighted by molar-refractivity contribution is 5.99. The molecule has 9 nitrogen and oxygen atoms in total. The Hall–Kier alpha value is -4.51. The number of piperidine rings is 1. The zero-order valence-corrected chi connectivity index (χ0v) is 26.7. The maximum atomic E-state index is 16.7. The first-order valence-electron chi connectivity index (χ1n) is 16.6. The van der Waals surface area contributed by atoms with Crippen LogP contribution in [0.3, 0.4) is 0 Å². The number of carbonyl (C=O) groups excluding carboxylic acids is 1. The highest BCUT2D eigenvalue weighted by Crippen LogP contribution is 2.40. The molecule has 0 atom stereocenters. The van der Waals surface area contributed by atoms with Crippen molar-refractivity contribution < 1.29 is 18.3 Å². The van der Waals surface area contributed by atoms with Gasteiger partial charge in [-0.3, -0.25) is 14.7 Å². The molecular weight excluding hydrogens is 600 g/mol. The first kappa shape index (κ1) is 29.9. The van der Waals surface area contributed by atoms with E-state index in [1.54, 1.807) is 36.5 Å². The van der Waals surface area contributed by atoms with Gasteiger partial charge >= 0.3 is 6.01 Å². The van der Waals surface area contributed by atoms with Crippen LogP contribution >= 0.6 is 0 Å². The van der Waals surface area contributed by atoms with Crippen LogP contribution in [0.15, 0.2) is 48.7 Å². The molecular formula is C36H37F2N7O2. The SMILES string of the molecule is Cc1cc(C)n(C(=O)C2CCN(c3nc(OCC45CCCN4CCC5)nc4c(F)c(-c5cccc6cccc(F)c56)ncc34)CC2)n1. The van der Waals surface area contributed by atoms with Crippen LogP contribution in [0.4, 0.5) is 14.6 Å². The molecule has 0 radical (unpaired) electrons. The van der Waals surface area contributed by atoms with E-state index in [1.165, 1.54) is 10.7 Å². The van der Waals surface area contributed by atoms with E-state index in [1.807, 2.05) is 19.9 Å². The summed E-state index contributed by atoms with van der Waals surface area (Å²) in [6, 6.07) is 12.1. The van der Waals surface area contributed by atoms with Gasteiger partial charge in [0.25, 0.3) is 0 Å². The Morgan fingerprint density at radius 1 is 1.00 bits per heavy atom. The molecule has 3 fully saturated rings. The summed E-state index contributed by atoms with van der Waals surface area (Å²) in [5.41, 5.74) is 2.06. The molecule has 0 bridgehead atoms. The fourth-order valence-corrected chi connectivity index (χ4v) is 8.03. The Bertz CT molecular complexity index is 2010. The average molecular weight is 638 g/mol. The van der Waals surface area contributed by atoms with Gasteiger partial charge in [-0.25, -0.2) is 13.5 Å². The molecule has 0 unspecified atom stereocenters. The number of nitrogens with zero attached hydrogens (tertiary/aromatic N) is 7. The van der Waals surface area contributed by atoms with Crippen LogP contribution in [0.2, 0.25) is 0 Å². The van der Waals surface area contributed by atoms with Crippen LogP contribution in [-0.2, 0) is 0 Å². The van der Waals surface area contributed by atoms with Crippen LogP contribution in [0.25, 0.3) is 32.9 Å². The second-order valence-electron chi connectivity index (χ2n) is 13.3. The lowest BCUT2D eigenvalue weighted by molar-refractivity contribution is 0.0793. The lowest BCUT2D eigenvalue weighted by Crippen LogP contribution is -2.43. The van der Waals surface area contributed by atoms with Crippen molar-refractivity contribution in [3.05, 3.63) is 71.7 Å². The second-order valence-corrected chi connectivity index (χ2v) is 13.3. The Labute approximate surface area is 271 Å². The molecule has 11 heteroatoms. The summed E-state index contributed by atoms with van der Waals surface area (Å²) < 4.78 is 39.6. The van der Waals surface area contributed by atoms with E-state index >= 15 is 8.78 Å². The van der Waals surface area contributed by atoms with Gasteiger partial charge in [-0.2, -0.15) is 15.1 Å². The molecule has 242 valence electrons. The maximum absolute atomic E-state index is 16.7. The molecule has 2 aromatic carbocycles. The summed E-state index contributed by atoms with van der Waals surface area (Å²) in [7, 11) is 0. The number of pyridine rings is 1. The Kier molecular flexibility index (Phi) is 7.39. The first-order chi connectivity index (χ1) is 22.8. The zero-order valence-electron chi connectivity index (χ0n) is 26.7. The normalized spacial score (nSPS) is 18.3. The lowest BCUT2D eigenvalue weighted by atomic mass is 9.95. The van der Waals surface area contributed by atoms with Gasteiger partial charge in [-0.15, -0.1) is 0 Å². The molecule has 6 heterocycles. The molecule has 0 aliphatic carbocycles. The molecule has 0 amide bonds. The molecule has 3 saturated heterocycles. The van der Waals surface area contributed by atoms with E-state index in [-0.39, 0.29) is 34.6 Å². The molecule has 0 spiro atoms. The number of halogens is 2. The molecule has 3 aliphatic rings. The number of anilines is 1. The first-order valence-corrected chi connectivity index (χ1v) is 16.6. The fraction of sp³-hybridized carbons (Fsp3) is 0.417. The average Bonchev–Trinajstić information content (AvgIpc) is 3.77. The third-order valence-corrected chi connectivity index (χ3v) is 10.4. The predicted octanol–water partition coefficient (Wildman–Crippen LogP) is 6.50. The van der Waals surface area contributed by atoms with Crippen molar-refractivity contribution in [2.75, 3.05) is 37.7 Å². The number of hydrogen-bond donors (Lipinski definition) is 0. The minimum absolute atomic E-state index is 0.0107. The highest BCUT2D eigenvalue weighted by atomic mass is 19.1. The van der Waals surface area contributed by atoms with E-state index in [0.29, 0.717) is 60.1 Å². The maximum Gasteiger partial charge on any atom is 0.319 e. The van der Waals surface area contributed by atoms with Gasteiger partial charge in [0.05, 0.1) is 16.6 Å². The monoisotopic (exact) mass is 637 g/mol. The topological polar surface area (TPSA) is 89.3 Å². The van der Waals surface area contributed by atoms with E-state index in [0.717, 1.165) is 50.2 Å². The predicted molar refractivity (Wildman–Crippen MR) is 176 cm³/mol. The number of aryl methyl sites for hydroxylation is 2. The summed E-state index contributed by atoms with van der Waals surface area (Å²) in [4.78, 5) is 31.9. The standard InChI is InChI=1S/C36H37F2N7O2/c1-22-19-23(2)45(42-22)34(46)25-11-17-43(18-12-25)33-27-20-39-31(26-9-3-7-24-8-4-10-28(37)29(24)26)30(38)32(27)40-35(41-33)47-21-36-13-5-15-44(36)16-6-14-36/h3-4,7-10,19-20,25H,5-6,11-18,21H2,1-2H3. The minimum Gasteiger partial charge on any atom is -0.461 e. The van der Waals surface area contributed by atoms with Crippen LogP contribution < -0.4 is 9.64 Å². The summed E-state index contributed by atoms with van der Waals surface area (Å²) in [5.74, 6) is -0.769. The molecule has 0 N–H and O–H groups in total. The number of aromatic nitrogens is 5. The van der Waals surface area contributed by atoms with Gasteiger partial charge in [0.2, 0.25) is 5.91 Å². The van der Waals surface area contributed by atoms with Gasteiger partial charge in [0.15, 0.2) is 5.82 Å². The van der Waals surface area contributed by atoms with Crippen molar-refractivity contribution in [3.8, 4) is 17.3 Å².